The molecule has 2 aliphatic rings. The Morgan fingerprint density at radius 3 is 2.21 bits per heavy atom. The van der Waals surface area contributed by atoms with E-state index in [0.717, 1.165) is 39.0 Å². The third-order valence-electron chi connectivity index (χ3n) is 6.05. The molecule has 6 nitrogen and oxygen atoms in total. The van der Waals surface area contributed by atoms with Gasteiger partial charge in [0.2, 0.25) is 5.91 Å². The second-order valence-corrected chi connectivity index (χ2v) is 8.40. The summed E-state index contributed by atoms with van der Waals surface area (Å²) in [6, 6.07) is 6.56. The van der Waals surface area contributed by atoms with Gasteiger partial charge in [-0.15, -0.1) is 0 Å². The summed E-state index contributed by atoms with van der Waals surface area (Å²) in [7, 11) is 0. The first-order valence-electron chi connectivity index (χ1n) is 10.5. The number of rotatable bonds is 3. The van der Waals surface area contributed by atoms with Gasteiger partial charge in [-0.2, -0.15) is 0 Å². The van der Waals surface area contributed by atoms with Gasteiger partial charge in [0.05, 0.1) is 0 Å². The Balaban J connectivity index is 1.49. The van der Waals surface area contributed by atoms with E-state index in [0.29, 0.717) is 13.1 Å². The van der Waals surface area contributed by atoms with Crippen molar-refractivity contribution in [2.45, 2.75) is 46.6 Å². The first-order valence-corrected chi connectivity index (χ1v) is 10.5. The summed E-state index contributed by atoms with van der Waals surface area (Å²) >= 11 is 0. The largest absolute Gasteiger partial charge is 0.368 e. The van der Waals surface area contributed by atoms with Crippen molar-refractivity contribution in [2.24, 2.45) is 5.92 Å². The minimum atomic E-state index is -0.0111. The first kappa shape index (κ1) is 20.5. The topological polar surface area (TPSA) is 55.9 Å². The molecule has 0 aromatic heterocycles. The van der Waals surface area contributed by atoms with Crippen LogP contribution in [0.25, 0.3) is 0 Å². The van der Waals surface area contributed by atoms with Crippen molar-refractivity contribution in [3.63, 3.8) is 0 Å². The van der Waals surface area contributed by atoms with E-state index in [2.05, 4.69) is 42.3 Å². The second kappa shape index (κ2) is 8.84. The fourth-order valence-electron chi connectivity index (χ4n) is 4.17. The SMILES string of the molecule is Cc1cccc(N2CCN(C(=O)C3CCN(C(=O)NC(C)C)CC3)CC2)c1C. The summed E-state index contributed by atoms with van der Waals surface area (Å²) < 4.78 is 0. The number of nitrogens with zero attached hydrogens (tertiary/aromatic N) is 3. The molecule has 0 aliphatic carbocycles. The molecule has 3 amide bonds. The van der Waals surface area contributed by atoms with Crippen LogP contribution in [0.15, 0.2) is 18.2 Å². The van der Waals surface area contributed by atoms with Crippen LogP contribution < -0.4 is 10.2 Å². The van der Waals surface area contributed by atoms with E-state index in [4.69, 9.17) is 0 Å². The average Bonchev–Trinajstić information content (AvgIpc) is 2.69. The summed E-state index contributed by atoms with van der Waals surface area (Å²) in [4.78, 5) is 31.3. The van der Waals surface area contributed by atoms with Gasteiger partial charge in [0.1, 0.15) is 0 Å². The maximum absolute atomic E-state index is 13.0. The van der Waals surface area contributed by atoms with Gasteiger partial charge in [-0.25, -0.2) is 4.79 Å². The van der Waals surface area contributed by atoms with Gasteiger partial charge < -0.3 is 20.0 Å². The van der Waals surface area contributed by atoms with Crippen molar-refractivity contribution < 1.29 is 9.59 Å². The zero-order valence-electron chi connectivity index (χ0n) is 17.7. The van der Waals surface area contributed by atoms with Crippen LogP contribution in [0.3, 0.4) is 0 Å². The lowest BCUT2D eigenvalue weighted by Gasteiger charge is -2.40. The van der Waals surface area contributed by atoms with E-state index in [9.17, 15) is 9.59 Å². The monoisotopic (exact) mass is 386 g/mol. The molecule has 154 valence electrons. The van der Waals surface area contributed by atoms with Crippen LogP contribution in [0.5, 0.6) is 0 Å². The Hall–Kier alpha value is -2.24. The molecule has 0 saturated carbocycles. The molecule has 6 heteroatoms. The van der Waals surface area contributed by atoms with Gasteiger partial charge in [-0.3, -0.25) is 4.79 Å². The molecule has 1 aromatic carbocycles. The number of carbonyl (C=O) groups is 2. The Morgan fingerprint density at radius 2 is 1.61 bits per heavy atom. The van der Waals surface area contributed by atoms with Crippen molar-refractivity contribution in [1.29, 1.82) is 0 Å². The fourth-order valence-corrected chi connectivity index (χ4v) is 4.17. The lowest BCUT2D eigenvalue weighted by molar-refractivity contribution is -0.137. The van der Waals surface area contributed by atoms with Gasteiger partial charge in [0.25, 0.3) is 0 Å². The maximum Gasteiger partial charge on any atom is 0.317 e. The van der Waals surface area contributed by atoms with Crippen LogP contribution in [0.2, 0.25) is 0 Å². The minimum absolute atomic E-state index is 0.0111. The van der Waals surface area contributed by atoms with Crippen LogP contribution in [-0.2, 0) is 4.79 Å². The molecule has 0 bridgehead atoms. The first-order chi connectivity index (χ1) is 13.4. The van der Waals surface area contributed by atoms with Crippen molar-refractivity contribution in [3.8, 4) is 0 Å². The minimum Gasteiger partial charge on any atom is -0.368 e. The summed E-state index contributed by atoms with van der Waals surface area (Å²) in [5.41, 5.74) is 3.93. The normalized spacial score (nSPS) is 18.5. The molecule has 0 radical (unpaired) electrons. The highest BCUT2D eigenvalue weighted by molar-refractivity contribution is 5.80. The van der Waals surface area contributed by atoms with Gasteiger partial charge in [0, 0.05) is 56.9 Å². The van der Waals surface area contributed by atoms with Crippen molar-refractivity contribution in [3.05, 3.63) is 29.3 Å². The molecule has 2 saturated heterocycles. The zero-order valence-corrected chi connectivity index (χ0v) is 17.7. The van der Waals surface area contributed by atoms with Gasteiger partial charge in [-0.05, 0) is 57.7 Å². The van der Waals surface area contributed by atoms with E-state index >= 15 is 0 Å². The molecular formula is C22H34N4O2. The van der Waals surface area contributed by atoms with Crippen LogP contribution >= 0.6 is 0 Å². The average molecular weight is 387 g/mol. The maximum atomic E-state index is 13.0. The molecule has 0 spiro atoms. The number of anilines is 1. The van der Waals surface area contributed by atoms with Crippen molar-refractivity contribution in [2.75, 3.05) is 44.2 Å². The molecule has 0 unspecified atom stereocenters. The lowest BCUT2D eigenvalue weighted by Crippen LogP contribution is -2.53. The van der Waals surface area contributed by atoms with Gasteiger partial charge in [0.15, 0.2) is 0 Å². The number of piperazine rings is 1. The number of hydrogen-bond acceptors (Lipinski definition) is 3. The number of benzene rings is 1. The number of likely N-dealkylation sites (tertiary alicyclic amines) is 1. The Morgan fingerprint density at radius 1 is 0.964 bits per heavy atom. The predicted molar refractivity (Wildman–Crippen MR) is 113 cm³/mol. The predicted octanol–water partition coefficient (Wildman–Crippen LogP) is 2.78. The highest BCUT2D eigenvalue weighted by Crippen LogP contribution is 2.25. The number of nitrogens with one attached hydrogen (secondary N) is 1. The third kappa shape index (κ3) is 4.59. The lowest BCUT2D eigenvalue weighted by atomic mass is 9.95. The molecule has 1 N–H and O–H groups in total. The molecule has 28 heavy (non-hydrogen) atoms. The number of amides is 3. The van der Waals surface area contributed by atoms with Crippen LogP contribution in [0.1, 0.15) is 37.8 Å². The number of urea groups is 1. The molecular weight excluding hydrogens is 352 g/mol. The van der Waals surface area contributed by atoms with Gasteiger partial charge >= 0.3 is 6.03 Å². The molecule has 2 heterocycles. The molecule has 0 atom stereocenters. The Bertz CT molecular complexity index is 702. The standard InChI is InChI=1S/C22H34N4O2/c1-16(2)23-22(28)26-10-8-19(9-11-26)21(27)25-14-12-24(13-15-25)20-7-5-6-17(3)18(20)4/h5-7,16,19H,8-15H2,1-4H3,(H,23,28). The number of hydrogen-bond donors (Lipinski definition) is 1. The Kier molecular flexibility index (Phi) is 6.47. The molecule has 2 aliphatic heterocycles. The van der Waals surface area contributed by atoms with E-state index in [1.165, 1.54) is 16.8 Å². The molecule has 1 aromatic rings. The van der Waals surface area contributed by atoms with Crippen LogP contribution in [0, 0.1) is 19.8 Å². The number of aryl methyl sites for hydroxylation is 1. The van der Waals surface area contributed by atoms with Crippen LogP contribution in [-0.4, -0.2) is 67.0 Å². The van der Waals surface area contributed by atoms with E-state index in [-0.39, 0.29) is 23.9 Å². The zero-order chi connectivity index (χ0) is 20.3. The summed E-state index contributed by atoms with van der Waals surface area (Å²) in [6.07, 6.45) is 1.53. The highest BCUT2D eigenvalue weighted by atomic mass is 16.2. The van der Waals surface area contributed by atoms with E-state index in [1.807, 2.05) is 23.6 Å². The molecule has 3 rings (SSSR count). The third-order valence-corrected chi connectivity index (χ3v) is 6.05. The highest BCUT2D eigenvalue weighted by Gasteiger charge is 2.32. The number of carbonyl (C=O) groups excluding carboxylic acids is 2. The number of piperidine rings is 1. The quantitative estimate of drug-likeness (QED) is 0.869. The van der Waals surface area contributed by atoms with Crippen LogP contribution in [0.4, 0.5) is 10.5 Å². The van der Waals surface area contributed by atoms with E-state index in [1.54, 1.807) is 0 Å². The summed E-state index contributed by atoms with van der Waals surface area (Å²) in [5.74, 6) is 0.319. The molecule has 2 fully saturated rings. The summed E-state index contributed by atoms with van der Waals surface area (Å²) in [5, 5.41) is 2.93. The van der Waals surface area contributed by atoms with E-state index < -0.39 is 0 Å². The van der Waals surface area contributed by atoms with Gasteiger partial charge in [-0.1, -0.05) is 12.1 Å². The summed E-state index contributed by atoms with van der Waals surface area (Å²) in [6.45, 7) is 12.9. The smallest absolute Gasteiger partial charge is 0.317 e. The van der Waals surface area contributed by atoms with Crippen molar-refractivity contribution in [1.82, 2.24) is 15.1 Å². The fraction of sp³-hybridized carbons (Fsp3) is 0.636. The second-order valence-electron chi connectivity index (χ2n) is 8.40. The Labute approximate surface area is 168 Å². The van der Waals surface area contributed by atoms with Crippen molar-refractivity contribution >= 4 is 17.6 Å².